The van der Waals surface area contributed by atoms with E-state index in [0.29, 0.717) is 0 Å². The number of benzene rings is 2. The molecule has 1 unspecified atom stereocenters. The molecule has 2 rings (SSSR count). The molecule has 15 heteroatoms. The standard InChI is InChI=1S/C17H14F7NO4S3/c1-3-8(2)9-4-6-10(7-5-9)30-15-11(18)13(20)16(14(21)12(15)19)31(26,27)25-32(28,29)17(22,23)24/h4-8,25H,3H2,1-2H3. The van der Waals surface area contributed by atoms with E-state index in [1.807, 2.05) is 13.8 Å². The Morgan fingerprint density at radius 1 is 0.906 bits per heavy atom. The Morgan fingerprint density at radius 3 is 1.78 bits per heavy atom. The Bertz CT molecular complexity index is 1200. The van der Waals surface area contributed by atoms with E-state index in [-0.39, 0.29) is 26.7 Å². The fourth-order valence-electron chi connectivity index (χ4n) is 2.37. The van der Waals surface area contributed by atoms with Gasteiger partial charge in [0.25, 0.3) is 10.0 Å². The van der Waals surface area contributed by atoms with Crippen LogP contribution in [0, 0.1) is 23.3 Å². The van der Waals surface area contributed by atoms with Crippen molar-refractivity contribution >= 4 is 31.8 Å². The molecule has 0 aliphatic heterocycles. The van der Waals surface area contributed by atoms with Gasteiger partial charge >= 0.3 is 15.5 Å². The summed E-state index contributed by atoms with van der Waals surface area (Å²) in [4.78, 5) is -3.74. The molecule has 0 aliphatic carbocycles. The molecule has 0 aliphatic rings. The molecule has 178 valence electrons. The molecule has 0 aromatic heterocycles. The lowest BCUT2D eigenvalue weighted by Gasteiger charge is -2.14. The summed E-state index contributed by atoms with van der Waals surface area (Å²) in [7, 11) is -12.9. The summed E-state index contributed by atoms with van der Waals surface area (Å²) >= 11 is 0.190. The van der Waals surface area contributed by atoms with Crippen LogP contribution in [0.15, 0.2) is 39.0 Å². The second-order valence-corrected chi connectivity index (χ2v) is 11.1. The second-order valence-electron chi connectivity index (χ2n) is 6.43. The molecule has 1 N–H and O–H groups in total. The highest BCUT2D eigenvalue weighted by Gasteiger charge is 2.49. The van der Waals surface area contributed by atoms with Crippen molar-refractivity contribution in [1.29, 1.82) is 0 Å². The van der Waals surface area contributed by atoms with Crippen molar-refractivity contribution in [3.05, 3.63) is 53.1 Å². The average molecular weight is 525 g/mol. The fourth-order valence-corrected chi connectivity index (χ4v) is 5.75. The van der Waals surface area contributed by atoms with Crippen molar-refractivity contribution in [2.45, 2.75) is 46.4 Å². The van der Waals surface area contributed by atoms with Gasteiger partial charge in [0.15, 0.2) is 28.2 Å². The summed E-state index contributed by atoms with van der Waals surface area (Å²) in [5, 5.41) is 0. The van der Waals surface area contributed by atoms with Gasteiger partial charge < -0.3 is 0 Å². The number of sulfonamides is 2. The molecule has 32 heavy (non-hydrogen) atoms. The highest BCUT2D eigenvalue weighted by atomic mass is 32.3. The van der Waals surface area contributed by atoms with Crippen LogP contribution in [0.4, 0.5) is 30.7 Å². The maximum absolute atomic E-state index is 14.4. The average Bonchev–Trinajstić information content (AvgIpc) is 2.67. The highest BCUT2D eigenvalue weighted by molar-refractivity contribution is 8.05. The lowest BCUT2D eigenvalue weighted by molar-refractivity contribution is -0.0441. The summed E-state index contributed by atoms with van der Waals surface area (Å²) in [5.74, 6) is -9.49. The Morgan fingerprint density at radius 2 is 1.38 bits per heavy atom. The monoisotopic (exact) mass is 525 g/mol. The zero-order valence-electron chi connectivity index (χ0n) is 16.1. The maximum Gasteiger partial charge on any atom is 0.512 e. The van der Waals surface area contributed by atoms with E-state index in [4.69, 9.17) is 0 Å². The summed E-state index contributed by atoms with van der Waals surface area (Å²) in [6, 6.07) is 5.99. The lowest BCUT2D eigenvalue weighted by atomic mass is 9.99. The van der Waals surface area contributed by atoms with E-state index in [0.717, 1.165) is 12.0 Å². The van der Waals surface area contributed by atoms with Crippen LogP contribution in [-0.4, -0.2) is 22.3 Å². The minimum atomic E-state index is -6.66. The normalized spacial score (nSPS) is 13.9. The van der Waals surface area contributed by atoms with Gasteiger partial charge in [0.2, 0.25) is 0 Å². The summed E-state index contributed by atoms with van der Waals surface area (Å²) in [6.45, 7) is 3.84. The molecule has 1 atom stereocenters. The highest BCUT2D eigenvalue weighted by Crippen LogP contribution is 2.38. The van der Waals surface area contributed by atoms with Crippen LogP contribution in [0.3, 0.4) is 0 Å². The van der Waals surface area contributed by atoms with E-state index in [1.165, 1.54) is 12.1 Å². The summed E-state index contributed by atoms with van der Waals surface area (Å²) in [6.07, 6.45) is 0.792. The molecular weight excluding hydrogens is 511 g/mol. The first kappa shape index (κ1) is 26.4. The molecule has 5 nitrogen and oxygen atoms in total. The number of alkyl halides is 3. The van der Waals surface area contributed by atoms with Crippen LogP contribution in [-0.2, 0) is 20.0 Å². The summed E-state index contributed by atoms with van der Waals surface area (Å²) in [5.41, 5.74) is -5.31. The number of halogens is 7. The van der Waals surface area contributed by atoms with Gasteiger partial charge in [0, 0.05) is 4.90 Å². The Hall–Kier alpha value is -1.84. The smallest absolute Gasteiger partial charge is 0.206 e. The van der Waals surface area contributed by atoms with Gasteiger partial charge in [-0.3, -0.25) is 0 Å². The van der Waals surface area contributed by atoms with E-state index < -0.39 is 58.6 Å². The predicted molar refractivity (Wildman–Crippen MR) is 101 cm³/mol. The third-order valence-corrected chi connectivity index (χ3v) is 8.59. The van der Waals surface area contributed by atoms with Crippen molar-refractivity contribution in [2.24, 2.45) is 0 Å². The van der Waals surface area contributed by atoms with Crippen molar-refractivity contribution < 1.29 is 47.6 Å². The number of hydrogen-bond donors (Lipinski definition) is 1. The first-order chi connectivity index (χ1) is 14.5. The Labute approximate surface area is 183 Å². The van der Waals surface area contributed by atoms with Gasteiger partial charge in [-0.1, -0.05) is 41.9 Å². The molecule has 0 saturated heterocycles. The van der Waals surface area contributed by atoms with Crippen molar-refractivity contribution in [1.82, 2.24) is 4.13 Å². The first-order valence-corrected chi connectivity index (χ1v) is 12.3. The van der Waals surface area contributed by atoms with Gasteiger partial charge in [-0.2, -0.15) is 13.2 Å². The van der Waals surface area contributed by atoms with Gasteiger partial charge in [0.1, 0.15) is 0 Å². The van der Waals surface area contributed by atoms with E-state index >= 15 is 0 Å². The molecular formula is C17H14F7NO4S3. The molecule has 0 fully saturated rings. The van der Waals surface area contributed by atoms with E-state index in [1.54, 1.807) is 12.1 Å². The van der Waals surface area contributed by atoms with Crippen molar-refractivity contribution in [3.63, 3.8) is 0 Å². The number of hydrogen-bond acceptors (Lipinski definition) is 5. The molecule has 0 radical (unpaired) electrons. The predicted octanol–water partition coefficient (Wildman–Crippen LogP) is 5.04. The third-order valence-electron chi connectivity index (χ3n) is 4.26. The molecule has 2 aromatic rings. The maximum atomic E-state index is 14.4. The van der Waals surface area contributed by atoms with Crippen LogP contribution in [0.1, 0.15) is 31.7 Å². The molecule has 0 amide bonds. The first-order valence-electron chi connectivity index (χ1n) is 8.52. The lowest BCUT2D eigenvalue weighted by Crippen LogP contribution is -2.40. The molecule has 0 heterocycles. The van der Waals surface area contributed by atoms with E-state index in [9.17, 15) is 47.6 Å². The van der Waals surface area contributed by atoms with Crippen LogP contribution in [0.25, 0.3) is 0 Å². The van der Waals surface area contributed by atoms with Crippen molar-refractivity contribution in [2.75, 3.05) is 0 Å². The van der Waals surface area contributed by atoms with Gasteiger partial charge in [0.05, 0.1) is 4.90 Å². The minimum absolute atomic E-state index is 0.0157. The topological polar surface area (TPSA) is 80.3 Å². The quantitative estimate of drug-likeness (QED) is 0.405. The van der Waals surface area contributed by atoms with Gasteiger partial charge in [-0.15, -0.1) is 0 Å². The van der Waals surface area contributed by atoms with Crippen LogP contribution in [0.2, 0.25) is 0 Å². The number of nitrogens with one attached hydrogen (secondary N) is 1. The van der Waals surface area contributed by atoms with E-state index in [2.05, 4.69) is 0 Å². The summed E-state index contributed by atoms with van der Waals surface area (Å²) < 4.78 is 140. The second kappa shape index (κ2) is 9.19. The Balaban J connectivity index is 2.52. The molecule has 0 saturated carbocycles. The Kier molecular flexibility index (Phi) is 7.59. The van der Waals surface area contributed by atoms with Gasteiger partial charge in [-0.25, -0.2) is 34.4 Å². The molecule has 2 aromatic carbocycles. The fraction of sp³-hybridized carbons (Fsp3) is 0.294. The van der Waals surface area contributed by atoms with Crippen LogP contribution in [0.5, 0.6) is 0 Å². The van der Waals surface area contributed by atoms with Crippen molar-refractivity contribution in [3.8, 4) is 0 Å². The SMILES string of the molecule is CCC(C)c1ccc(Sc2c(F)c(F)c(S(=O)(=O)NS(=O)(=O)C(F)(F)F)c(F)c2F)cc1. The molecule has 0 spiro atoms. The third kappa shape index (κ3) is 5.21. The number of rotatable bonds is 7. The zero-order chi connectivity index (χ0) is 24.6. The largest absolute Gasteiger partial charge is 0.512 e. The molecule has 0 bridgehead atoms. The van der Waals surface area contributed by atoms with Crippen LogP contribution < -0.4 is 4.13 Å². The zero-order valence-corrected chi connectivity index (χ0v) is 18.5. The van der Waals surface area contributed by atoms with Crippen LogP contribution >= 0.6 is 11.8 Å². The minimum Gasteiger partial charge on any atom is -0.206 e. The van der Waals surface area contributed by atoms with Gasteiger partial charge in [-0.05, 0) is 30.0 Å².